The van der Waals surface area contributed by atoms with Crippen molar-refractivity contribution in [2.75, 3.05) is 61.9 Å². The molecule has 3 rings (SSSR count). The minimum absolute atomic E-state index is 0.0267. The lowest BCUT2D eigenvalue weighted by molar-refractivity contribution is -0.117. The first kappa shape index (κ1) is 18.5. The van der Waals surface area contributed by atoms with Gasteiger partial charge in [0.15, 0.2) is 0 Å². The Morgan fingerprint density at radius 1 is 1.08 bits per heavy atom. The molecule has 0 atom stereocenters. The van der Waals surface area contributed by atoms with Crippen molar-refractivity contribution in [3.8, 4) is 0 Å². The molecule has 2 aromatic carbocycles. The van der Waals surface area contributed by atoms with Crippen LogP contribution in [0.3, 0.4) is 0 Å². The van der Waals surface area contributed by atoms with Gasteiger partial charge in [0, 0.05) is 62.4 Å². The van der Waals surface area contributed by atoms with Crippen molar-refractivity contribution in [3.63, 3.8) is 0 Å². The van der Waals surface area contributed by atoms with Gasteiger partial charge in [-0.2, -0.15) is 0 Å². The molecule has 26 heavy (non-hydrogen) atoms. The summed E-state index contributed by atoms with van der Waals surface area (Å²) in [6.07, 6.45) is 0. The number of carbonyl (C=O) groups is 1. The molecular weight excluding hydrogens is 348 g/mol. The van der Waals surface area contributed by atoms with Crippen molar-refractivity contribution >= 4 is 34.6 Å². The molecule has 1 heterocycles. The van der Waals surface area contributed by atoms with E-state index in [1.807, 2.05) is 61.5 Å². The lowest BCUT2D eigenvalue weighted by atomic mass is 10.2. The van der Waals surface area contributed by atoms with Gasteiger partial charge >= 0.3 is 0 Å². The number of halogens is 1. The van der Waals surface area contributed by atoms with Crippen LogP contribution < -0.4 is 15.1 Å². The highest BCUT2D eigenvalue weighted by Crippen LogP contribution is 2.21. The highest BCUT2D eigenvalue weighted by molar-refractivity contribution is 6.30. The van der Waals surface area contributed by atoms with Gasteiger partial charge in [-0.1, -0.05) is 17.7 Å². The number of piperazine rings is 1. The van der Waals surface area contributed by atoms with E-state index in [0.29, 0.717) is 6.54 Å². The topological polar surface area (TPSA) is 38.8 Å². The molecule has 5 nitrogen and oxygen atoms in total. The molecule has 1 amide bonds. The zero-order chi connectivity index (χ0) is 18.5. The van der Waals surface area contributed by atoms with Crippen LogP contribution in [-0.2, 0) is 4.79 Å². The molecule has 1 aliphatic heterocycles. The normalized spacial score (nSPS) is 15.0. The molecule has 1 aliphatic rings. The highest BCUT2D eigenvalue weighted by Gasteiger charge is 2.19. The highest BCUT2D eigenvalue weighted by atomic mass is 35.5. The van der Waals surface area contributed by atoms with Gasteiger partial charge in [0.2, 0.25) is 5.91 Å². The summed E-state index contributed by atoms with van der Waals surface area (Å²) < 4.78 is 0. The number of carbonyl (C=O) groups excluding carboxylic acids is 1. The molecule has 1 saturated heterocycles. The third kappa shape index (κ3) is 4.90. The van der Waals surface area contributed by atoms with Crippen LogP contribution in [0.15, 0.2) is 48.5 Å². The molecule has 0 unspecified atom stereocenters. The summed E-state index contributed by atoms with van der Waals surface area (Å²) in [5, 5.41) is 3.73. The van der Waals surface area contributed by atoms with Gasteiger partial charge in [-0.15, -0.1) is 0 Å². The number of anilines is 3. The minimum atomic E-state index is 0.0267. The van der Waals surface area contributed by atoms with E-state index in [1.54, 1.807) is 0 Å². The van der Waals surface area contributed by atoms with Gasteiger partial charge in [0.1, 0.15) is 0 Å². The number of hydrogen-bond acceptors (Lipinski definition) is 4. The number of rotatable bonds is 5. The van der Waals surface area contributed by atoms with E-state index in [0.717, 1.165) is 48.3 Å². The van der Waals surface area contributed by atoms with Gasteiger partial charge in [-0.05, 0) is 42.5 Å². The van der Waals surface area contributed by atoms with Crippen LogP contribution in [0.25, 0.3) is 0 Å². The molecular formula is C20H25ClN4O. The molecule has 1 N–H and O–H groups in total. The number of hydrogen-bond donors (Lipinski definition) is 1. The van der Waals surface area contributed by atoms with E-state index >= 15 is 0 Å². The molecule has 138 valence electrons. The third-order valence-electron chi connectivity index (χ3n) is 4.58. The maximum Gasteiger partial charge on any atom is 0.238 e. The fraction of sp³-hybridized carbons (Fsp3) is 0.350. The molecule has 0 radical (unpaired) electrons. The molecule has 0 bridgehead atoms. The smallest absolute Gasteiger partial charge is 0.238 e. The van der Waals surface area contributed by atoms with Crippen LogP contribution in [0.2, 0.25) is 5.02 Å². The van der Waals surface area contributed by atoms with E-state index in [4.69, 9.17) is 11.6 Å². The quantitative estimate of drug-likeness (QED) is 0.875. The van der Waals surface area contributed by atoms with Gasteiger partial charge < -0.3 is 15.1 Å². The van der Waals surface area contributed by atoms with Crippen LogP contribution in [-0.4, -0.2) is 57.6 Å². The van der Waals surface area contributed by atoms with Crippen molar-refractivity contribution < 1.29 is 4.79 Å². The third-order valence-corrected chi connectivity index (χ3v) is 4.82. The van der Waals surface area contributed by atoms with Gasteiger partial charge in [-0.3, -0.25) is 9.69 Å². The molecule has 0 aromatic heterocycles. The fourth-order valence-corrected chi connectivity index (χ4v) is 3.27. The first-order valence-electron chi connectivity index (χ1n) is 8.81. The zero-order valence-electron chi connectivity index (χ0n) is 15.3. The molecule has 0 spiro atoms. The lowest BCUT2D eigenvalue weighted by Gasteiger charge is -2.35. The maximum absolute atomic E-state index is 12.3. The van der Waals surface area contributed by atoms with E-state index < -0.39 is 0 Å². The first-order chi connectivity index (χ1) is 12.5. The molecule has 6 heteroatoms. The van der Waals surface area contributed by atoms with Crippen molar-refractivity contribution in [3.05, 3.63) is 53.6 Å². The molecule has 1 fully saturated rings. The maximum atomic E-state index is 12.3. The number of amides is 1. The van der Waals surface area contributed by atoms with E-state index in [2.05, 4.69) is 21.2 Å². The Labute approximate surface area is 160 Å². The Balaban J connectivity index is 1.47. The second-order valence-electron chi connectivity index (χ2n) is 6.73. The van der Waals surface area contributed by atoms with Gasteiger partial charge in [0.25, 0.3) is 0 Å². The van der Waals surface area contributed by atoms with E-state index in [9.17, 15) is 4.79 Å². The van der Waals surface area contributed by atoms with Gasteiger partial charge in [0.05, 0.1) is 6.54 Å². The molecule has 0 aliphatic carbocycles. The van der Waals surface area contributed by atoms with Crippen molar-refractivity contribution in [1.82, 2.24) is 4.90 Å². The second-order valence-corrected chi connectivity index (χ2v) is 7.17. The first-order valence-corrected chi connectivity index (χ1v) is 9.19. The van der Waals surface area contributed by atoms with Crippen LogP contribution >= 0.6 is 11.6 Å². The van der Waals surface area contributed by atoms with Gasteiger partial charge in [-0.25, -0.2) is 0 Å². The Hall–Kier alpha value is -2.24. The monoisotopic (exact) mass is 372 g/mol. The summed E-state index contributed by atoms with van der Waals surface area (Å²) in [6, 6.07) is 15.8. The number of nitrogens with zero attached hydrogens (tertiary/aromatic N) is 3. The SMILES string of the molecule is CN(C)c1ccc(NC(=O)CN2CCN(c3cccc(Cl)c3)CC2)cc1. The largest absolute Gasteiger partial charge is 0.378 e. The minimum Gasteiger partial charge on any atom is -0.378 e. The summed E-state index contributed by atoms with van der Waals surface area (Å²) >= 11 is 6.07. The number of nitrogens with one attached hydrogen (secondary N) is 1. The summed E-state index contributed by atoms with van der Waals surface area (Å²) in [5.41, 5.74) is 3.08. The number of benzene rings is 2. The van der Waals surface area contributed by atoms with E-state index in [-0.39, 0.29) is 5.91 Å². The summed E-state index contributed by atoms with van der Waals surface area (Å²) in [7, 11) is 3.99. The standard InChI is InChI=1S/C20H25ClN4O/c1-23(2)18-8-6-17(7-9-18)22-20(26)15-24-10-12-25(13-11-24)19-5-3-4-16(21)14-19/h3-9,14H,10-13,15H2,1-2H3,(H,22,26). The predicted molar refractivity (Wildman–Crippen MR) is 110 cm³/mol. The Morgan fingerprint density at radius 2 is 1.77 bits per heavy atom. The fourth-order valence-electron chi connectivity index (χ4n) is 3.08. The Morgan fingerprint density at radius 3 is 2.38 bits per heavy atom. The molecule has 0 saturated carbocycles. The molecule has 2 aromatic rings. The summed E-state index contributed by atoms with van der Waals surface area (Å²) in [5.74, 6) is 0.0267. The summed E-state index contributed by atoms with van der Waals surface area (Å²) in [6.45, 7) is 3.92. The zero-order valence-corrected chi connectivity index (χ0v) is 16.0. The average molecular weight is 373 g/mol. The summed E-state index contributed by atoms with van der Waals surface area (Å²) in [4.78, 5) is 18.8. The van der Waals surface area contributed by atoms with E-state index in [1.165, 1.54) is 0 Å². The lowest BCUT2D eigenvalue weighted by Crippen LogP contribution is -2.48. The Kier molecular flexibility index (Phi) is 6.01. The van der Waals surface area contributed by atoms with Crippen molar-refractivity contribution in [2.45, 2.75) is 0 Å². The Bertz CT molecular complexity index is 740. The van der Waals surface area contributed by atoms with Crippen LogP contribution in [0.4, 0.5) is 17.1 Å². The predicted octanol–water partition coefficient (Wildman–Crippen LogP) is 3.17. The van der Waals surface area contributed by atoms with Crippen LogP contribution in [0, 0.1) is 0 Å². The van der Waals surface area contributed by atoms with Crippen molar-refractivity contribution in [2.24, 2.45) is 0 Å². The van der Waals surface area contributed by atoms with Crippen molar-refractivity contribution in [1.29, 1.82) is 0 Å². The van der Waals surface area contributed by atoms with Crippen LogP contribution in [0.5, 0.6) is 0 Å². The average Bonchev–Trinajstić information content (AvgIpc) is 2.62. The second kappa shape index (κ2) is 8.43. The van der Waals surface area contributed by atoms with Crippen LogP contribution in [0.1, 0.15) is 0 Å².